The van der Waals surface area contributed by atoms with Gasteiger partial charge in [-0.15, -0.1) is 0 Å². The number of rotatable bonds is 8. The van der Waals surface area contributed by atoms with Gasteiger partial charge in [-0.2, -0.15) is 0 Å². The number of nitrogens with one attached hydrogen (secondary N) is 1. The molecule has 0 atom stereocenters. The zero-order valence-corrected chi connectivity index (χ0v) is 15.3. The lowest BCUT2D eigenvalue weighted by molar-refractivity contribution is -0.115. The molecule has 1 aliphatic heterocycles. The van der Waals surface area contributed by atoms with Gasteiger partial charge in [0.15, 0.2) is 0 Å². The van der Waals surface area contributed by atoms with E-state index in [1.165, 1.54) is 5.56 Å². The summed E-state index contributed by atoms with van der Waals surface area (Å²) in [6.07, 6.45) is 5.70. The lowest BCUT2D eigenvalue weighted by Gasteiger charge is -2.07. The molecule has 0 aromatic heterocycles. The van der Waals surface area contributed by atoms with Gasteiger partial charge in [0.1, 0.15) is 12.4 Å². The van der Waals surface area contributed by atoms with Gasteiger partial charge in [0.25, 0.3) is 11.1 Å². The molecular weight excluding hydrogens is 346 g/mol. The van der Waals surface area contributed by atoms with Gasteiger partial charge in [-0.25, -0.2) is 0 Å². The third-order valence-electron chi connectivity index (χ3n) is 4.06. The molecule has 4 nitrogen and oxygen atoms in total. The Morgan fingerprint density at radius 2 is 1.65 bits per heavy atom. The van der Waals surface area contributed by atoms with E-state index in [0.717, 1.165) is 48.8 Å². The van der Waals surface area contributed by atoms with Crippen molar-refractivity contribution in [2.24, 2.45) is 0 Å². The summed E-state index contributed by atoms with van der Waals surface area (Å²) >= 11 is 0.982. The highest BCUT2D eigenvalue weighted by Crippen LogP contribution is 2.24. The summed E-state index contributed by atoms with van der Waals surface area (Å²) in [5.41, 5.74) is 2.44. The highest BCUT2D eigenvalue weighted by atomic mass is 32.2. The first-order valence-corrected chi connectivity index (χ1v) is 9.51. The van der Waals surface area contributed by atoms with E-state index in [-0.39, 0.29) is 11.1 Å². The maximum absolute atomic E-state index is 11.4. The smallest absolute Gasteiger partial charge is 0.290 e. The second-order valence-corrected chi connectivity index (χ2v) is 7.09. The second-order valence-electron chi connectivity index (χ2n) is 6.08. The molecule has 0 radical (unpaired) electrons. The molecule has 1 aliphatic rings. The molecule has 2 amide bonds. The SMILES string of the molecule is O=C1NC(=O)C(=CCCCCc2ccc(COc3ccccc3)cc2)S1. The molecule has 3 rings (SSSR count). The van der Waals surface area contributed by atoms with Crippen LogP contribution in [0.15, 0.2) is 65.6 Å². The fourth-order valence-corrected chi connectivity index (χ4v) is 3.34. The zero-order valence-electron chi connectivity index (χ0n) is 14.4. The molecule has 0 spiro atoms. The number of hydrogen-bond acceptors (Lipinski definition) is 4. The molecule has 1 heterocycles. The number of unbranched alkanes of at least 4 members (excludes halogenated alkanes) is 2. The number of hydrogen-bond donors (Lipinski definition) is 1. The van der Waals surface area contributed by atoms with Gasteiger partial charge < -0.3 is 4.74 Å². The Balaban J connectivity index is 1.37. The number of amides is 2. The Morgan fingerprint density at radius 3 is 2.35 bits per heavy atom. The summed E-state index contributed by atoms with van der Waals surface area (Å²) in [6, 6.07) is 18.3. The summed E-state index contributed by atoms with van der Waals surface area (Å²) in [7, 11) is 0. The number of ether oxygens (including phenoxy) is 1. The minimum Gasteiger partial charge on any atom is -0.489 e. The van der Waals surface area contributed by atoms with E-state index in [1.54, 1.807) is 0 Å². The van der Waals surface area contributed by atoms with Crippen molar-refractivity contribution in [3.63, 3.8) is 0 Å². The van der Waals surface area contributed by atoms with Crippen LogP contribution in [0.25, 0.3) is 0 Å². The molecule has 26 heavy (non-hydrogen) atoms. The second kappa shape index (κ2) is 9.25. The lowest BCUT2D eigenvalue weighted by Crippen LogP contribution is -2.17. The first-order chi connectivity index (χ1) is 12.7. The van der Waals surface area contributed by atoms with Crippen molar-refractivity contribution in [3.8, 4) is 5.75 Å². The molecule has 2 aromatic rings. The van der Waals surface area contributed by atoms with E-state index in [4.69, 9.17) is 4.74 Å². The van der Waals surface area contributed by atoms with Gasteiger partial charge >= 0.3 is 0 Å². The van der Waals surface area contributed by atoms with Crippen molar-refractivity contribution >= 4 is 22.9 Å². The molecular formula is C21H21NO3S. The predicted molar refractivity (Wildman–Crippen MR) is 104 cm³/mol. The van der Waals surface area contributed by atoms with Gasteiger partial charge in [0.2, 0.25) is 0 Å². The summed E-state index contributed by atoms with van der Waals surface area (Å²) < 4.78 is 5.74. The monoisotopic (exact) mass is 367 g/mol. The quantitative estimate of drug-likeness (QED) is 0.535. The van der Waals surface area contributed by atoms with Crippen molar-refractivity contribution < 1.29 is 14.3 Å². The molecule has 1 saturated heterocycles. The number of carbonyl (C=O) groups is 2. The number of aryl methyl sites for hydroxylation is 1. The molecule has 0 aliphatic carbocycles. The third-order valence-corrected chi connectivity index (χ3v) is 4.92. The number of carbonyl (C=O) groups excluding carboxylic acids is 2. The van der Waals surface area contributed by atoms with Crippen LogP contribution in [-0.2, 0) is 17.8 Å². The Bertz CT molecular complexity index is 785. The van der Waals surface area contributed by atoms with E-state index in [2.05, 4.69) is 29.6 Å². The van der Waals surface area contributed by atoms with Crippen LogP contribution >= 0.6 is 11.8 Å². The molecule has 0 bridgehead atoms. The van der Waals surface area contributed by atoms with Crippen LogP contribution in [0, 0.1) is 0 Å². The van der Waals surface area contributed by atoms with Crippen molar-refractivity contribution in [1.82, 2.24) is 5.32 Å². The molecule has 1 fully saturated rings. The van der Waals surface area contributed by atoms with Crippen LogP contribution < -0.4 is 10.1 Å². The van der Waals surface area contributed by atoms with Gasteiger partial charge in [0.05, 0.1) is 4.91 Å². The van der Waals surface area contributed by atoms with Crippen molar-refractivity contribution in [1.29, 1.82) is 0 Å². The van der Waals surface area contributed by atoms with E-state index in [9.17, 15) is 9.59 Å². The molecule has 1 N–H and O–H groups in total. The molecule has 134 valence electrons. The van der Waals surface area contributed by atoms with E-state index < -0.39 is 0 Å². The Hall–Kier alpha value is -2.53. The van der Waals surface area contributed by atoms with Gasteiger partial charge in [0, 0.05) is 0 Å². The van der Waals surface area contributed by atoms with Crippen molar-refractivity contribution in [3.05, 3.63) is 76.7 Å². The van der Waals surface area contributed by atoms with E-state index in [1.807, 2.05) is 36.4 Å². The minimum atomic E-state index is -0.280. The standard InChI is InChI=1S/C21H21NO3S/c23-20-19(26-21(24)22-20)10-6-1-3-7-16-11-13-17(14-12-16)15-25-18-8-4-2-5-9-18/h2,4-5,8-14H,1,3,6-7,15H2,(H,22,23,24). The van der Waals surface area contributed by atoms with E-state index >= 15 is 0 Å². The number of para-hydroxylation sites is 1. The first-order valence-electron chi connectivity index (χ1n) is 8.70. The number of thioether (sulfide) groups is 1. The van der Waals surface area contributed by atoms with Crippen LogP contribution in [-0.4, -0.2) is 11.1 Å². The first kappa shape index (κ1) is 18.3. The minimum absolute atomic E-state index is 0.270. The van der Waals surface area contributed by atoms with Crippen molar-refractivity contribution in [2.75, 3.05) is 0 Å². The molecule has 2 aromatic carbocycles. The Kier molecular flexibility index (Phi) is 6.50. The zero-order chi connectivity index (χ0) is 18.2. The average molecular weight is 367 g/mol. The number of imide groups is 1. The van der Waals surface area contributed by atoms with Crippen molar-refractivity contribution in [2.45, 2.75) is 32.3 Å². The summed E-state index contributed by atoms with van der Waals surface area (Å²) in [6.45, 7) is 0.566. The van der Waals surface area contributed by atoms with Crippen LogP contribution in [0.2, 0.25) is 0 Å². The lowest BCUT2D eigenvalue weighted by atomic mass is 10.1. The summed E-state index contributed by atoms with van der Waals surface area (Å²) in [5.74, 6) is 0.606. The van der Waals surface area contributed by atoms with Crippen LogP contribution in [0.3, 0.4) is 0 Å². The topological polar surface area (TPSA) is 55.4 Å². The Morgan fingerprint density at radius 1 is 0.923 bits per heavy atom. The predicted octanol–water partition coefficient (Wildman–Crippen LogP) is 4.85. The van der Waals surface area contributed by atoms with Crippen LogP contribution in [0.5, 0.6) is 5.75 Å². The third kappa shape index (κ3) is 5.49. The van der Waals surface area contributed by atoms with E-state index in [0.29, 0.717) is 11.5 Å². The largest absolute Gasteiger partial charge is 0.489 e. The van der Waals surface area contributed by atoms with Crippen LogP contribution in [0.1, 0.15) is 30.4 Å². The number of allylic oxidation sites excluding steroid dienone is 1. The van der Waals surface area contributed by atoms with Gasteiger partial charge in [-0.3, -0.25) is 14.9 Å². The molecule has 0 unspecified atom stereocenters. The highest BCUT2D eigenvalue weighted by molar-refractivity contribution is 8.18. The van der Waals surface area contributed by atoms with Gasteiger partial charge in [-0.05, 0) is 60.7 Å². The fourth-order valence-electron chi connectivity index (χ4n) is 2.65. The molecule has 0 saturated carbocycles. The fraction of sp³-hybridized carbons (Fsp3) is 0.238. The highest BCUT2D eigenvalue weighted by Gasteiger charge is 2.24. The molecule has 5 heteroatoms. The summed E-state index contributed by atoms with van der Waals surface area (Å²) in [5, 5.41) is 1.99. The number of benzene rings is 2. The van der Waals surface area contributed by atoms with Crippen LogP contribution in [0.4, 0.5) is 4.79 Å². The Labute approximate surface area is 157 Å². The maximum atomic E-state index is 11.4. The summed E-state index contributed by atoms with van der Waals surface area (Å²) in [4.78, 5) is 23.0. The normalized spacial score (nSPS) is 15.3. The maximum Gasteiger partial charge on any atom is 0.290 e. The average Bonchev–Trinajstić information content (AvgIpc) is 2.99. The van der Waals surface area contributed by atoms with Gasteiger partial charge in [-0.1, -0.05) is 48.5 Å².